The number of hydrogen-bond donors (Lipinski definition) is 4. The lowest BCUT2D eigenvalue weighted by Crippen LogP contribution is -2.13. The van der Waals surface area contributed by atoms with Crippen molar-refractivity contribution in [3.8, 4) is 22.6 Å². The van der Waals surface area contributed by atoms with E-state index in [2.05, 4.69) is 5.16 Å². The highest BCUT2D eigenvalue weighted by Crippen LogP contribution is 2.34. The third kappa shape index (κ3) is 3.00. The lowest BCUT2D eigenvalue weighted by Gasteiger charge is -2.04. The van der Waals surface area contributed by atoms with Gasteiger partial charge >= 0.3 is 0 Å². The number of nitro groups is 1. The van der Waals surface area contributed by atoms with Gasteiger partial charge in [0.25, 0.3) is 5.69 Å². The Bertz CT molecular complexity index is 1040. The molecule has 3 rings (SSSR count). The minimum absolute atomic E-state index is 0.00373. The third-order valence-electron chi connectivity index (χ3n) is 3.75. The normalized spacial score (nSPS) is 10.5. The quantitative estimate of drug-likeness (QED) is 0.238. The van der Waals surface area contributed by atoms with Gasteiger partial charge in [-0.25, -0.2) is 0 Å². The number of nitro benzene ring substituents is 1. The van der Waals surface area contributed by atoms with E-state index in [9.17, 15) is 10.1 Å². The van der Waals surface area contributed by atoms with Crippen LogP contribution in [-0.2, 0) is 0 Å². The van der Waals surface area contributed by atoms with Crippen molar-refractivity contribution in [3.05, 3.63) is 69.8 Å². The molecule has 0 atom stereocenters. The fourth-order valence-corrected chi connectivity index (χ4v) is 2.54. The van der Waals surface area contributed by atoms with Crippen molar-refractivity contribution in [2.75, 3.05) is 0 Å². The van der Waals surface area contributed by atoms with Gasteiger partial charge in [-0.3, -0.25) is 20.9 Å². The van der Waals surface area contributed by atoms with E-state index in [1.165, 1.54) is 12.1 Å². The molecule has 2 aromatic carbocycles. The molecule has 9 heteroatoms. The second kappa shape index (κ2) is 6.48. The molecule has 0 bridgehead atoms. The van der Waals surface area contributed by atoms with Gasteiger partial charge in [-0.1, -0.05) is 29.4 Å². The topological polar surface area (TPSA) is 169 Å². The number of aromatic nitrogens is 1. The van der Waals surface area contributed by atoms with Gasteiger partial charge in [0.05, 0.1) is 16.1 Å². The monoisotopic (exact) mass is 350 g/mol. The Kier molecular flexibility index (Phi) is 4.19. The van der Waals surface area contributed by atoms with Crippen molar-refractivity contribution in [1.29, 1.82) is 10.8 Å². The molecular weight excluding hydrogens is 336 g/mol. The van der Waals surface area contributed by atoms with Crippen LogP contribution >= 0.6 is 0 Å². The second-order valence-corrected chi connectivity index (χ2v) is 5.44. The molecule has 9 nitrogen and oxygen atoms in total. The van der Waals surface area contributed by atoms with Gasteiger partial charge in [-0.15, -0.1) is 0 Å². The van der Waals surface area contributed by atoms with Crippen LogP contribution in [0.3, 0.4) is 0 Å². The highest BCUT2D eigenvalue weighted by molar-refractivity contribution is 6.01. The first kappa shape index (κ1) is 16.8. The van der Waals surface area contributed by atoms with Gasteiger partial charge in [0.1, 0.15) is 17.4 Å². The predicted molar refractivity (Wildman–Crippen MR) is 96.1 cm³/mol. The van der Waals surface area contributed by atoms with Gasteiger partial charge in [-0.2, -0.15) is 0 Å². The Morgan fingerprint density at radius 3 is 2.46 bits per heavy atom. The molecule has 0 saturated carbocycles. The van der Waals surface area contributed by atoms with Gasteiger partial charge in [0.2, 0.25) is 0 Å². The molecule has 0 fully saturated rings. The smallest absolute Gasteiger partial charge is 0.291 e. The van der Waals surface area contributed by atoms with Crippen LogP contribution < -0.4 is 11.5 Å². The standard InChI is InChI=1S/C17H14N6O3/c18-16(19)10-4-1-3-9(7-10)13-8-14(26-22-13)11-5-2-6-12(17(20)21)15(11)23(24)25/h1-8H,(H3,18,19)(H3,20,21). The first-order valence-electron chi connectivity index (χ1n) is 7.42. The van der Waals surface area contributed by atoms with Crippen LogP contribution in [0, 0.1) is 20.9 Å². The van der Waals surface area contributed by atoms with Gasteiger partial charge in [0.15, 0.2) is 5.76 Å². The molecule has 0 spiro atoms. The zero-order chi connectivity index (χ0) is 18.8. The largest absolute Gasteiger partial charge is 0.384 e. The summed E-state index contributed by atoms with van der Waals surface area (Å²) in [6.45, 7) is 0. The fourth-order valence-electron chi connectivity index (χ4n) is 2.54. The number of para-hydroxylation sites is 1. The van der Waals surface area contributed by atoms with Crippen LogP contribution in [0.4, 0.5) is 5.69 Å². The van der Waals surface area contributed by atoms with Gasteiger partial charge in [-0.05, 0) is 18.2 Å². The SMILES string of the molecule is N=C(N)c1cccc(-c2cc(-c3cccc(C(=N)N)c3[N+](=O)[O-])on2)c1. The number of benzene rings is 2. The zero-order valence-electron chi connectivity index (χ0n) is 13.4. The minimum Gasteiger partial charge on any atom is -0.384 e. The number of amidine groups is 2. The van der Waals surface area contributed by atoms with Crippen molar-refractivity contribution in [3.63, 3.8) is 0 Å². The molecule has 6 N–H and O–H groups in total. The Hall–Kier alpha value is -4.01. The van der Waals surface area contributed by atoms with Crippen LogP contribution in [0.1, 0.15) is 11.1 Å². The van der Waals surface area contributed by atoms with E-state index in [-0.39, 0.29) is 28.4 Å². The lowest BCUT2D eigenvalue weighted by molar-refractivity contribution is -0.384. The maximum absolute atomic E-state index is 11.5. The molecule has 0 amide bonds. The second-order valence-electron chi connectivity index (χ2n) is 5.44. The molecule has 26 heavy (non-hydrogen) atoms. The Morgan fingerprint density at radius 1 is 1.08 bits per heavy atom. The molecule has 130 valence electrons. The van der Waals surface area contributed by atoms with Crippen molar-refractivity contribution in [2.24, 2.45) is 11.5 Å². The summed E-state index contributed by atoms with van der Waals surface area (Å²) in [7, 11) is 0. The summed E-state index contributed by atoms with van der Waals surface area (Å²) in [6.07, 6.45) is 0. The summed E-state index contributed by atoms with van der Waals surface area (Å²) in [5, 5.41) is 30.4. The lowest BCUT2D eigenvalue weighted by atomic mass is 10.0. The highest BCUT2D eigenvalue weighted by atomic mass is 16.6. The molecular formula is C17H14N6O3. The van der Waals surface area contributed by atoms with Crippen molar-refractivity contribution < 1.29 is 9.45 Å². The predicted octanol–water partition coefficient (Wildman–Crippen LogP) is 2.48. The molecule has 1 aromatic heterocycles. The minimum atomic E-state index is -0.607. The summed E-state index contributed by atoms with van der Waals surface area (Å²) in [6, 6.07) is 12.8. The average molecular weight is 350 g/mol. The van der Waals surface area contributed by atoms with Gasteiger partial charge in [0, 0.05) is 17.2 Å². The van der Waals surface area contributed by atoms with E-state index in [1.807, 2.05) is 0 Å². The molecule has 0 aliphatic carbocycles. The van der Waals surface area contributed by atoms with Crippen LogP contribution in [0.2, 0.25) is 0 Å². The van der Waals surface area contributed by atoms with Crippen molar-refractivity contribution >= 4 is 17.4 Å². The fraction of sp³-hybridized carbons (Fsp3) is 0. The number of nitrogen functional groups attached to an aromatic ring is 2. The molecule has 0 radical (unpaired) electrons. The number of nitrogens with two attached hydrogens (primary N) is 2. The summed E-state index contributed by atoms with van der Waals surface area (Å²) in [4.78, 5) is 10.9. The zero-order valence-corrected chi connectivity index (χ0v) is 13.4. The molecule has 1 heterocycles. The van der Waals surface area contributed by atoms with Crippen LogP contribution in [0.5, 0.6) is 0 Å². The number of hydrogen-bond acceptors (Lipinski definition) is 6. The van der Waals surface area contributed by atoms with Gasteiger partial charge < -0.3 is 16.0 Å². The molecule has 0 aliphatic rings. The maximum atomic E-state index is 11.5. The molecule has 3 aromatic rings. The van der Waals surface area contributed by atoms with Crippen molar-refractivity contribution in [1.82, 2.24) is 5.16 Å². The van der Waals surface area contributed by atoms with E-state index < -0.39 is 10.8 Å². The van der Waals surface area contributed by atoms with E-state index in [4.69, 9.17) is 26.8 Å². The summed E-state index contributed by atoms with van der Waals surface area (Å²) in [5.41, 5.74) is 12.4. The summed E-state index contributed by atoms with van der Waals surface area (Å²) in [5.74, 6) is -0.323. The number of nitrogens with zero attached hydrogens (tertiary/aromatic N) is 2. The van der Waals surface area contributed by atoms with E-state index in [0.29, 0.717) is 16.8 Å². The number of rotatable bonds is 5. The third-order valence-corrected chi connectivity index (χ3v) is 3.75. The van der Waals surface area contributed by atoms with E-state index in [1.54, 1.807) is 36.4 Å². The summed E-state index contributed by atoms with van der Waals surface area (Å²) >= 11 is 0. The molecule has 0 aliphatic heterocycles. The van der Waals surface area contributed by atoms with E-state index >= 15 is 0 Å². The highest BCUT2D eigenvalue weighted by Gasteiger charge is 2.25. The summed E-state index contributed by atoms with van der Waals surface area (Å²) < 4.78 is 5.28. The molecule has 0 unspecified atom stereocenters. The Labute approximate surface area is 147 Å². The first-order chi connectivity index (χ1) is 12.4. The Morgan fingerprint density at radius 2 is 1.81 bits per heavy atom. The Balaban J connectivity index is 2.10. The van der Waals surface area contributed by atoms with Crippen LogP contribution in [0.25, 0.3) is 22.6 Å². The van der Waals surface area contributed by atoms with Crippen molar-refractivity contribution in [2.45, 2.75) is 0 Å². The van der Waals surface area contributed by atoms with Crippen LogP contribution in [0.15, 0.2) is 53.1 Å². The number of nitrogens with one attached hydrogen (secondary N) is 2. The van der Waals surface area contributed by atoms with E-state index in [0.717, 1.165) is 0 Å². The van der Waals surface area contributed by atoms with Crippen LogP contribution in [-0.4, -0.2) is 21.8 Å². The molecule has 0 saturated heterocycles. The first-order valence-corrected chi connectivity index (χ1v) is 7.42. The average Bonchev–Trinajstić information content (AvgIpc) is 3.11. The maximum Gasteiger partial charge on any atom is 0.291 e.